The van der Waals surface area contributed by atoms with Crippen molar-refractivity contribution >= 4 is 12.1 Å². The number of hydrazone groups is 1. The molecule has 2 aromatic carbocycles. The lowest BCUT2D eigenvalue weighted by atomic mass is 10.1. The van der Waals surface area contributed by atoms with Crippen molar-refractivity contribution in [3.63, 3.8) is 0 Å². The highest BCUT2D eigenvalue weighted by Gasteiger charge is 2.13. The maximum absolute atomic E-state index is 12.2. The summed E-state index contributed by atoms with van der Waals surface area (Å²) < 4.78 is 10.5. The first-order valence-corrected chi connectivity index (χ1v) is 7.87. The molecule has 7 nitrogen and oxygen atoms in total. The maximum atomic E-state index is 12.2. The zero-order chi connectivity index (χ0) is 18.4. The largest absolute Gasteiger partial charge is 0.497 e. The number of amides is 1. The number of rotatable bonds is 6. The van der Waals surface area contributed by atoms with Gasteiger partial charge in [0.15, 0.2) is 0 Å². The summed E-state index contributed by atoms with van der Waals surface area (Å²) in [5.41, 5.74) is 4.99. The molecule has 0 saturated carbocycles. The number of methoxy groups -OCH3 is 2. The molecule has 0 fully saturated rings. The van der Waals surface area contributed by atoms with Crippen LogP contribution in [0.2, 0.25) is 0 Å². The van der Waals surface area contributed by atoms with E-state index in [0.29, 0.717) is 17.1 Å². The van der Waals surface area contributed by atoms with Gasteiger partial charge in [0.05, 0.1) is 26.1 Å². The summed E-state index contributed by atoms with van der Waals surface area (Å²) >= 11 is 0. The van der Waals surface area contributed by atoms with E-state index in [1.807, 2.05) is 48.5 Å². The van der Waals surface area contributed by atoms with Crippen LogP contribution in [-0.2, 0) is 0 Å². The standard InChI is InChI=1S/C19H18N4O3/c1-25-14-7-5-6-13(10-14)12-20-23-19(24)17-11-16(21-22-17)15-8-3-4-9-18(15)26-2/h3-12H,1-2H3,(H,21,22)(H,23,24)/b20-12-. The second-order valence-electron chi connectivity index (χ2n) is 5.34. The Hall–Kier alpha value is -3.61. The fraction of sp³-hybridized carbons (Fsp3) is 0.105. The number of hydrogen-bond acceptors (Lipinski definition) is 5. The van der Waals surface area contributed by atoms with E-state index < -0.39 is 5.91 Å². The zero-order valence-electron chi connectivity index (χ0n) is 14.4. The summed E-state index contributed by atoms with van der Waals surface area (Å²) in [4.78, 5) is 12.2. The van der Waals surface area contributed by atoms with Gasteiger partial charge in [0, 0.05) is 5.56 Å². The van der Waals surface area contributed by atoms with E-state index in [2.05, 4.69) is 20.7 Å². The van der Waals surface area contributed by atoms with E-state index in [-0.39, 0.29) is 0 Å². The van der Waals surface area contributed by atoms with Gasteiger partial charge in [-0.2, -0.15) is 10.2 Å². The van der Waals surface area contributed by atoms with Crippen LogP contribution < -0.4 is 14.9 Å². The van der Waals surface area contributed by atoms with Gasteiger partial charge in [0.2, 0.25) is 0 Å². The summed E-state index contributed by atoms with van der Waals surface area (Å²) in [6, 6.07) is 16.4. The number of benzene rings is 2. The summed E-state index contributed by atoms with van der Waals surface area (Å²) in [6.07, 6.45) is 1.54. The van der Waals surface area contributed by atoms with Gasteiger partial charge in [-0.25, -0.2) is 5.43 Å². The molecule has 0 bridgehead atoms. The Morgan fingerprint density at radius 3 is 2.77 bits per heavy atom. The smallest absolute Gasteiger partial charge is 0.289 e. The topological polar surface area (TPSA) is 88.6 Å². The number of H-pyrrole nitrogens is 1. The summed E-state index contributed by atoms with van der Waals surface area (Å²) in [5, 5.41) is 10.8. The number of carbonyl (C=O) groups excluding carboxylic acids is 1. The third-order valence-electron chi connectivity index (χ3n) is 3.68. The van der Waals surface area contributed by atoms with Crippen LogP contribution in [0.15, 0.2) is 59.7 Å². The van der Waals surface area contributed by atoms with Crippen LogP contribution in [0.3, 0.4) is 0 Å². The first-order valence-electron chi connectivity index (χ1n) is 7.87. The third-order valence-corrected chi connectivity index (χ3v) is 3.68. The summed E-state index contributed by atoms with van der Waals surface area (Å²) in [6.45, 7) is 0. The first-order chi connectivity index (χ1) is 12.7. The van der Waals surface area contributed by atoms with Crippen molar-refractivity contribution in [1.29, 1.82) is 0 Å². The Labute approximate surface area is 150 Å². The molecule has 0 radical (unpaired) electrons. The van der Waals surface area contributed by atoms with Gasteiger partial charge in [0.1, 0.15) is 17.2 Å². The molecule has 2 N–H and O–H groups in total. The summed E-state index contributed by atoms with van der Waals surface area (Å²) in [5.74, 6) is 1.01. The highest BCUT2D eigenvalue weighted by molar-refractivity contribution is 5.94. The highest BCUT2D eigenvalue weighted by atomic mass is 16.5. The van der Waals surface area contributed by atoms with Crippen molar-refractivity contribution in [3.05, 3.63) is 65.9 Å². The van der Waals surface area contributed by atoms with Crippen LogP contribution in [0.1, 0.15) is 16.1 Å². The van der Waals surface area contributed by atoms with Gasteiger partial charge >= 0.3 is 0 Å². The molecule has 0 saturated heterocycles. The van der Waals surface area contributed by atoms with Gasteiger partial charge in [-0.15, -0.1) is 0 Å². The SMILES string of the molecule is COc1cccc(/C=N\NC(=O)c2cc(-c3ccccc3OC)n[nH]2)c1. The van der Waals surface area contributed by atoms with E-state index in [0.717, 1.165) is 16.9 Å². The number of aromatic nitrogens is 2. The van der Waals surface area contributed by atoms with Crippen molar-refractivity contribution < 1.29 is 14.3 Å². The lowest BCUT2D eigenvalue weighted by molar-refractivity contribution is 0.0950. The second-order valence-corrected chi connectivity index (χ2v) is 5.34. The molecular formula is C19H18N4O3. The lowest BCUT2D eigenvalue weighted by Gasteiger charge is -2.04. The normalized spacial score (nSPS) is 10.7. The van der Waals surface area contributed by atoms with Crippen LogP contribution >= 0.6 is 0 Å². The molecule has 3 aromatic rings. The van der Waals surface area contributed by atoms with E-state index in [9.17, 15) is 4.79 Å². The fourth-order valence-electron chi connectivity index (χ4n) is 2.38. The molecule has 1 aromatic heterocycles. The quantitative estimate of drug-likeness (QED) is 0.528. The fourth-order valence-corrected chi connectivity index (χ4v) is 2.38. The monoisotopic (exact) mass is 350 g/mol. The van der Waals surface area contributed by atoms with Crippen LogP contribution in [-0.4, -0.2) is 36.5 Å². The van der Waals surface area contributed by atoms with Crippen molar-refractivity contribution in [2.75, 3.05) is 14.2 Å². The molecule has 0 unspecified atom stereocenters. The highest BCUT2D eigenvalue weighted by Crippen LogP contribution is 2.28. The van der Waals surface area contributed by atoms with Crippen molar-refractivity contribution in [1.82, 2.24) is 15.6 Å². The lowest BCUT2D eigenvalue weighted by Crippen LogP contribution is -2.18. The van der Waals surface area contributed by atoms with E-state index in [1.165, 1.54) is 6.21 Å². The molecule has 0 spiro atoms. The number of aromatic amines is 1. The third kappa shape index (κ3) is 3.89. The minimum Gasteiger partial charge on any atom is -0.497 e. The van der Waals surface area contributed by atoms with Crippen molar-refractivity contribution in [2.24, 2.45) is 5.10 Å². The Kier molecular flexibility index (Phi) is 5.28. The maximum Gasteiger partial charge on any atom is 0.289 e. The molecule has 132 valence electrons. The van der Waals surface area contributed by atoms with Crippen molar-refractivity contribution in [3.8, 4) is 22.8 Å². The van der Waals surface area contributed by atoms with Crippen LogP contribution in [0.5, 0.6) is 11.5 Å². The first kappa shape index (κ1) is 17.2. The predicted octanol–water partition coefficient (Wildman–Crippen LogP) is 2.86. The molecule has 0 aliphatic heterocycles. The molecule has 0 aliphatic rings. The molecule has 0 aliphatic carbocycles. The zero-order valence-corrected chi connectivity index (χ0v) is 14.4. The van der Waals surface area contributed by atoms with Gasteiger partial charge in [-0.05, 0) is 35.9 Å². The molecule has 1 heterocycles. The number of nitrogens with one attached hydrogen (secondary N) is 2. The molecule has 0 atom stereocenters. The Morgan fingerprint density at radius 2 is 1.96 bits per heavy atom. The van der Waals surface area contributed by atoms with Crippen molar-refractivity contribution in [2.45, 2.75) is 0 Å². The van der Waals surface area contributed by atoms with E-state index in [4.69, 9.17) is 9.47 Å². The average molecular weight is 350 g/mol. The Bertz CT molecular complexity index is 934. The molecule has 3 rings (SSSR count). The van der Waals surface area contributed by atoms with E-state index >= 15 is 0 Å². The van der Waals surface area contributed by atoms with Crippen LogP contribution in [0, 0.1) is 0 Å². The van der Waals surface area contributed by atoms with Gasteiger partial charge < -0.3 is 9.47 Å². The molecule has 7 heteroatoms. The second kappa shape index (κ2) is 7.98. The Morgan fingerprint density at radius 1 is 1.12 bits per heavy atom. The molecule has 26 heavy (non-hydrogen) atoms. The van der Waals surface area contributed by atoms with Crippen LogP contribution in [0.25, 0.3) is 11.3 Å². The minimum atomic E-state index is -0.391. The van der Waals surface area contributed by atoms with Gasteiger partial charge in [-0.3, -0.25) is 9.89 Å². The van der Waals surface area contributed by atoms with Gasteiger partial charge in [0.25, 0.3) is 5.91 Å². The van der Waals surface area contributed by atoms with Gasteiger partial charge in [-0.1, -0.05) is 24.3 Å². The summed E-state index contributed by atoms with van der Waals surface area (Å²) in [7, 11) is 3.18. The number of nitrogens with zero attached hydrogens (tertiary/aromatic N) is 2. The van der Waals surface area contributed by atoms with Crippen LogP contribution in [0.4, 0.5) is 0 Å². The minimum absolute atomic E-state index is 0.300. The molecule has 1 amide bonds. The number of ether oxygens (including phenoxy) is 2. The number of para-hydroxylation sites is 1. The average Bonchev–Trinajstić information content (AvgIpc) is 3.18. The Balaban J connectivity index is 1.69. The predicted molar refractivity (Wildman–Crippen MR) is 98.6 cm³/mol. The molecular weight excluding hydrogens is 332 g/mol. The number of carbonyl (C=O) groups is 1. The van der Waals surface area contributed by atoms with E-state index in [1.54, 1.807) is 20.3 Å². The number of hydrogen-bond donors (Lipinski definition) is 2.